The van der Waals surface area contributed by atoms with Crippen molar-refractivity contribution in [3.63, 3.8) is 0 Å². The summed E-state index contributed by atoms with van der Waals surface area (Å²) in [7, 11) is 4.25. The number of likely N-dealkylation sites (tertiary alicyclic amines) is 2. The van der Waals surface area contributed by atoms with Crippen LogP contribution in [-0.4, -0.2) is 73.5 Å². The molecule has 2 aliphatic heterocycles. The first kappa shape index (κ1) is 22.0. The Morgan fingerprint density at radius 2 is 1.61 bits per heavy atom. The van der Waals surface area contributed by atoms with Gasteiger partial charge in [-0.25, -0.2) is 0 Å². The van der Waals surface area contributed by atoms with Crippen molar-refractivity contribution < 1.29 is 4.79 Å². The fraction of sp³-hybridized carbons (Fsp3) is 0.519. The summed E-state index contributed by atoms with van der Waals surface area (Å²) < 4.78 is 0. The van der Waals surface area contributed by atoms with Gasteiger partial charge in [0.15, 0.2) is 0 Å². The monoisotopic (exact) mass is 419 g/mol. The Balaban J connectivity index is 1.37. The number of nitrogens with zero attached hydrogens (tertiary/aromatic N) is 3. The number of likely N-dealkylation sites (N-methyl/N-ethyl adjacent to an activating group) is 1. The lowest BCUT2D eigenvalue weighted by atomic mass is 9.88. The number of piperidine rings is 1. The van der Waals surface area contributed by atoms with Crippen LogP contribution in [-0.2, 0) is 4.79 Å². The molecule has 0 aromatic heterocycles. The van der Waals surface area contributed by atoms with E-state index in [0.29, 0.717) is 12.5 Å². The molecule has 0 radical (unpaired) electrons. The zero-order valence-corrected chi connectivity index (χ0v) is 19.1. The largest absolute Gasteiger partial charge is 0.341 e. The highest BCUT2D eigenvalue weighted by Gasteiger charge is 2.31. The molecule has 0 N–H and O–H groups in total. The molecule has 4 heteroatoms. The minimum absolute atomic E-state index is 0.104. The first-order chi connectivity index (χ1) is 15.1. The summed E-state index contributed by atoms with van der Waals surface area (Å²) >= 11 is 0. The molecule has 166 valence electrons. The molecule has 2 atom stereocenters. The van der Waals surface area contributed by atoms with Gasteiger partial charge in [0.05, 0.1) is 0 Å². The van der Waals surface area contributed by atoms with Crippen LogP contribution in [0, 0.1) is 5.92 Å². The first-order valence-electron chi connectivity index (χ1n) is 11.9. The fourth-order valence-corrected chi connectivity index (χ4v) is 5.40. The van der Waals surface area contributed by atoms with Crippen molar-refractivity contribution in [2.75, 3.05) is 46.8 Å². The molecule has 2 aromatic rings. The maximum atomic E-state index is 13.3. The van der Waals surface area contributed by atoms with Crippen LogP contribution in [0.3, 0.4) is 0 Å². The summed E-state index contributed by atoms with van der Waals surface area (Å²) in [6.45, 7) is 5.76. The molecule has 4 rings (SSSR count). The van der Waals surface area contributed by atoms with Crippen LogP contribution in [0.5, 0.6) is 0 Å². The van der Waals surface area contributed by atoms with Crippen LogP contribution in [0.2, 0.25) is 0 Å². The fourth-order valence-electron chi connectivity index (χ4n) is 5.40. The molecule has 2 aromatic carbocycles. The molecule has 4 nitrogen and oxygen atoms in total. The van der Waals surface area contributed by atoms with Crippen LogP contribution < -0.4 is 0 Å². The van der Waals surface area contributed by atoms with Crippen LogP contribution in [0.15, 0.2) is 60.7 Å². The predicted molar refractivity (Wildman–Crippen MR) is 127 cm³/mol. The van der Waals surface area contributed by atoms with Crippen molar-refractivity contribution >= 4 is 5.91 Å². The lowest BCUT2D eigenvalue weighted by molar-refractivity contribution is -0.132. The maximum Gasteiger partial charge on any atom is 0.223 e. The number of carbonyl (C=O) groups excluding carboxylic acids is 1. The van der Waals surface area contributed by atoms with Crippen LogP contribution >= 0.6 is 0 Å². The van der Waals surface area contributed by atoms with Gasteiger partial charge in [-0.2, -0.15) is 0 Å². The Labute approximate surface area is 187 Å². The highest BCUT2D eigenvalue weighted by Crippen LogP contribution is 2.29. The predicted octanol–water partition coefficient (Wildman–Crippen LogP) is 4.08. The molecule has 0 saturated carbocycles. The van der Waals surface area contributed by atoms with Crippen molar-refractivity contribution in [2.45, 2.75) is 37.6 Å². The van der Waals surface area contributed by atoms with Gasteiger partial charge in [0.1, 0.15) is 0 Å². The SMILES string of the molecule is CN1CCCC(CN2CC[C@H](N(C)C(=O)CC(c3ccccc3)c3ccccc3)C2)C1. The van der Waals surface area contributed by atoms with Gasteiger partial charge in [0.2, 0.25) is 5.91 Å². The normalized spacial score (nSPS) is 22.7. The number of hydrogen-bond acceptors (Lipinski definition) is 3. The van der Waals surface area contributed by atoms with E-state index in [1.54, 1.807) is 0 Å². The average Bonchev–Trinajstić information content (AvgIpc) is 3.26. The van der Waals surface area contributed by atoms with E-state index >= 15 is 0 Å². The summed E-state index contributed by atoms with van der Waals surface area (Å²) in [6.07, 6.45) is 4.27. The van der Waals surface area contributed by atoms with Gasteiger partial charge in [-0.3, -0.25) is 4.79 Å². The van der Waals surface area contributed by atoms with Gasteiger partial charge < -0.3 is 14.7 Å². The van der Waals surface area contributed by atoms with E-state index in [0.717, 1.165) is 25.4 Å². The molecule has 0 bridgehead atoms. The lowest BCUT2D eigenvalue weighted by Crippen LogP contribution is -2.42. The number of rotatable bonds is 7. The Kier molecular flexibility index (Phi) is 7.41. The quantitative estimate of drug-likeness (QED) is 0.677. The van der Waals surface area contributed by atoms with Crippen LogP contribution in [0.1, 0.15) is 42.7 Å². The van der Waals surface area contributed by atoms with E-state index in [9.17, 15) is 4.79 Å². The number of benzene rings is 2. The molecule has 31 heavy (non-hydrogen) atoms. The van der Waals surface area contributed by atoms with E-state index in [1.807, 2.05) is 24.1 Å². The highest BCUT2D eigenvalue weighted by molar-refractivity contribution is 5.78. The Morgan fingerprint density at radius 1 is 0.968 bits per heavy atom. The van der Waals surface area contributed by atoms with Gasteiger partial charge >= 0.3 is 0 Å². The molecule has 1 amide bonds. The number of hydrogen-bond donors (Lipinski definition) is 0. The molecule has 0 spiro atoms. The van der Waals surface area contributed by atoms with Gasteiger partial charge in [-0.05, 0) is 49.9 Å². The van der Waals surface area contributed by atoms with E-state index in [2.05, 4.69) is 65.4 Å². The number of carbonyl (C=O) groups is 1. The second-order valence-electron chi connectivity index (χ2n) is 9.56. The molecule has 2 aliphatic rings. The van der Waals surface area contributed by atoms with Gasteiger partial charge in [-0.1, -0.05) is 60.7 Å². The van der Waals surface area contributed by atoms with E-state index in [-0.39, 0.29) is 11.8 Å². The maximum absolute atomic E-state index is 13.3. The summed E-state index contributed by atoms with van der Waals surface area (Å²) in [4.78, 5) is 20.4. The van der Waals surface area contributed by atoms with Crippen LogP contribution in [0.4, 0.5) is 0 Å². The Bertz CT molecular complexity index is 785. The second kappa shape index (κ2) is 10.4. The van der Waals surface area contributed by atoms with Crippen molar-refractivity contribution in [1.82, 2.24) is 14.7 Å². The average molecular weight is 420 g/mol. The minimum atomic E-state index is 0.104. The zero-order chi connectivity index (χ0) is 21.6. The van der Waals surface area contributed by atoms with E-state index < -0.39 is 0 Å². The molecular formula is C27H37N3O. The highest BCUT2D eigenvalue weighted by atomic mass is 16.2. The van der Waals surface area contributed by atoms with Crippen LogP contribution in [0.25, 0.3) is 0 Å². The van der Waals surface area contributed by atoms with Crippen molar-refractivity contribution in [2.24, 2.45) is 5.92 Å². The summed E-state index contributed by atoms with van der Waals surface area (Å²) in [5.41, 5.74) is 2.43. The molecule has 1 unspecified atom stereocenters. The molecule has 0 aliphatic carbocycles. The third-order valence-corrected chi connectivity index (χ3v) is 7.21. The van der Waals surface area contributed by atoms with Gasteiger partial charge in [-0.15, -0.1) is 0 Å². The van der Waals surface area contributed by atoms with Gasteiger partial charge in [0.25, 0.3) is 0 Å². The number of amides is 1. The van der Waals surface area contributed by atoms with Crippen molar-refractivity contribution in [1.29, 1.82) is 0 Å². The van der Waals surface area contributed by atoms with Crippen molar-refractivity contribution in [3.05, 3.63) is 71.8 Å². The molecular weight excluding hydrogens is 382 g/mol. The third kappa shape index (κ3) is 5.75. The topological polar surface area (TPSA) is 26.8 Å². The third-order valence-electron chi connectivity index (χ3n) is 7.21. The minimum Gasteiger partial charge on any atom is -0.341 e. The smallest absolute Gasteiger partial charge is 0.223 e. The zero-order valence-electron chi connectivity index (χ0n) is 19.1. The second-order valence-corrected chi connectivity index (χ2v) is 9.56. The summed E-state index contributed by atoms with van der Waals surface area (Å²) in [6, 6.07) is 21.2. The molecule has 2 fully saturated rings. The Hall–Kier alpha value is -2.17. The van der Waals surface area contributed by atoms with E-state index in [1.165, 1.54) is 43.6 Å². The first-order valence-corrected chi connectivity index (χ1v) is 11.9. The lowest BCUT2D eigenvalue weighted by Gasteiger charge is -2.33. The molecule has 2 saturated heterocycles. The van der Waals surface area contributed by atoms with Crippen molar-refractivity contribution in [3.8, 4) is 0 Å². The summed E-state index contributed by atoms with van der Waals surface area (Å²) in [5.74, 6) is 1.13. The van der Waals surface area contributed by atoms with Gasteiger partial charge in [0, 0.05) is 51.6 Å². The summed E-state index contributed by atoms with van der Waals surface area (Å²) in [5, 5.41) is 0. The standard InChI is InChI=1S/C27H37N3O/c1-28-16-9-10-22(19-28)20-30-17-15-25(21-30)29(2)27(31)18-26(23-11-5-3-6-12-23)24-13-7-4-8-14-24/h3-8,11-14,22,25-26H,9-10,15-21H2,1-2H3/t22?,25-/m0/s1. The van der Waals surface area contributed by atoms with E-state index in [4.69, 9.17) is 0 Å². The molecule has 2 heterocycles. The Morgan fingerprint density at radius 3 is 2.23 bits per heavy atom.